The number of hydrogen-bond acceptors (Lipinski definition) is 3. The lowest BCUT2D eigenvalue weighted by Crippen LogP contribution is -2.51. The monoisotopic (exact) mass is 385 g/mol. The molecule has 1 amide bonds. The van der Waals surface area contributed by atoms with Crippen molar-refractivity contribution in [2.45, 2.75) is 57.7 Å². The maximum absolute atomic E-state index is 11.9. The number of nitrogens with zero attached hydrogens (tertiary/aromatic N) is 3. The normalized spacial score (nSPS) is 23.6. The number of carbonyl (C=O) groups excluding carboxylic acids is 1. The van der Waals surface area contributed by atoms with Gasteiger partial charge in [0.2, 0.25) is 5.91 Å². The van der Waals surface area contributed by atoms with Crippen molar-refractivity contribution in [2.24, 2.45) is 4.99 Å². The van der Waals surface area contributed by atoms with Crippen LogP contribution in [0.5, 0.6) is 0 Å². The van der Waals surface area contributed by atoms with E-state index in [0.29, 0.717) is 12.5 Å². The summed E-state index contributed by atoms with van der Waals surface area (Å²) in [7, 11) is 1.82. The third kappa shape index (κ3) is 5.71. The van der Waals surface area contributed by atoms with E-state index in [0.717, 1.165) is 45.1 Å². The molecule has 2 aliphatic rings. The Morgan fingerprint density at radius 1 is 1.18 bits per heavy atom. The first-order chi connectivity index (χ1) is 13.7. The number of aliphatic imine (C=N–C) groups is 1. The Morgan fingerprint density at radius 3 is 2.75 bits per heavy atom. The molecule has 2 N–H and O–H groups in total. The van der Waals surface area contributed by atoms with Crippen LogP contribution in [0.3, 0.4) is 0 Å². The van der Waals surface area contributed by atoms with Crippen molar-refractivity contribution >= 4 is 11.9 Å². The molecule has 154 valence electrons. The van der Waals surface area contributed by atoms with Crippen LogP contribution in [-0.4, -0.2) is 67.0 Å². The van der Waals surface area contributed by atoms with Gasteiger partial charge in [-0.2, -0.15) is 0 Å². The fraction of sp³-hybridized carbons (Fsp3) is 0.636. The van der Waals surface area contributed by atoms with E-state index < -0.39 is 0 Å². The minimum absolute atomic E-state index is 0.242. The quantitative estimate of drug-likeness (QED) is 0.582. The van der Waals surface area contributed by atoms with Gasteiger partial charge >= 0.3 is 0 Å². The molecule has 0 spiro atoms. The van der Waals surface area contributed by atoms with Gasteiger partial charge in [-0.3, -0.25) is 14.7 Å². The van der Waals surface area contributed by atoms with Gasteiger partial charge in [-0.1, -0.05) is 43.7 Å². The van der Waals surface area contributed by atoms with Crippen LogP contribution in [-0.2, 0) is 11.3 Å². The lowest BCUT2D eigenvalue weighted by Gasteiger charge is -2.36. The van der Waals surface area contributed by atoms with Crippen LogP contribution in [0.15, 0.2) is 35.3 Å². The molecule has 2 heterocycles. The van der Waals surface area contributed by atoms with Gasteiger partial charge in [-0.25, -0.2) is 0 Å². The first-order valence-corrected chi connectivity index (χ1v) is 10.7. The Hall–Kier alpha value is -2.08. The molecule has 2 fully saturated rings. The number of amides is 1. The summed E-state index contributed by atoms with van der Waals surface area (Å²) >= 11 is 0. The molecule has 2 atom stereocenters. The molecule has 0 bridgehead atoms. The van der Waals surface area contributed by atoms with E-state index in [1.165, 1.54) is 24.8 Å². The lowest BCUT2D eigenvalue weighted by molar-refractivity contribution is -0.129. The van der Waals surface area contributed by atoms with E-state index in [-0.39, 0.29) is 11.9 Å². The summed E-state index contributed by atoms with van der Waals surface area (Å²) in [6.07, 6.45) is 5.35. The van der Waals surface area contributed by atoms with Crippen molar-refractivity contribution < 1.29 is 4.79 Å². The Kier molecular flexibility index (Phi) is 7.71. The molecule has 1 aromatic carbocycles. The fourth-order valence-electron chi connectivity index (χ4n) is 4.25. The van der Waals surface area contributed by atoms with E-state index >= 15 is 0 Å². The minimum atomic E-state index is 0.242. The molecule has 0 aliphatic carbocycles. The standard InChI is InChI=1S/C22H35N5O/c1-3-21(28)27-14-12-19(17-27)25-22(23-2)24-15-20-11-7-8-13-26(20)16-18-9-5-4-6-10-18/h4-6,9-10,19-20H,3,7-8,11-17H2,1-2H3,(H2,23,24,25). The molecule has 0 aromatic heterocycles. The lowest BCUT2D eigenvalue weighted by atomic mass is 10.0. The van der Waals surface area contributed by atoms with Gasteiger partial charge in [0.05, 0.1) is 0 Å². The van der Waals surface area contributed by atoms with Gasteiger partial charge in [0.15, 0.2) is 5.96 Å². The summed E-state index contributed by atoms with van der Waals surface area (Å²) in [5, 5.41) is 7.04. The summed E-state index contributed by atoms with van der Waals surface area (Å²) in [6, 6.07) is 11.5. The fourth-order valence-corrected chi connectivity index (χ4v) is 4.25. The molecule has 2 saturated heterocycles. The van der Waals surface area contributed by atoms with Gasteiger partial charge in [0.1, 0.15) is 0 Å². The van der Waals surface area contributed by atoms with Gasteiger partial charge < -0.3 is 15.5 Å². The van der Waals surface area contributed by atoms with Crippen LogP contribution in [0.1, 0.15) is 44.6 Å². The van der Waals surface area contributed by atoms with Gasteiger partial charge in [0.25, 0.3) is 0 Å². The summed E-state index contributed by atoms with van der Waals surface area (Å²) < 4.78 is 0. The highest BCUT2D eigenvalue weighted by Crippen LogP contribution is 2.19. The van der Waals surface area contributed by atoms with Crippen LogP contribution < -0.4 is 10.6 Å². The SMILES string of the molecule is CCC(=O)N1CCC(NC(=NC)NCC2CCCCN2Cc2ccccc2)C1. The predicted octanol–water partition coefficient (Wildman–Crippen LogP) is 2.22. The molecule has 2 aliphatic heterocycles. The number of guanidine groups is 1. The van der Waals surface area contributed by atoms with E-state index in [9.17, 15) is 4.79 Å². The number of nitrogens with one attached hydrogen (secondary N) is 2. The third-order valence-corrected chi connectivity index (χ3v) is 5.89. The minimum Gasteiger partial charge on any atom is -0.355 e. The molecule has 0 saturated carbocycles. The average molecular weight is 386 g/mol. The smallest absolute Gasteiger partial charge is 0.222 e. The first kappa shape index (κ1) is 20.6. The number of hydrogen-bond donors (Lipinski definition) is 2. The van der Waals surface area contributed by atoms with Gasteiger partial charge in [0, 0.05) is 51.7 Å². The molecule has 0 radical (unpaired) electrons. The zero-order chi connectivity index (χ0) is 19.8. The second kappa shape index (κ2) is 10.5. The van der Waals surface area contributed by atoms with Crippen molar-refractivity contribution in [2.75, 3.05) is 33.2 Å². The highest BCUT2D eigenvalue weighted by atomic mass is 16.2. The molecule has 6 heteroatoms. The van der Waals surface area contributed by atoms with Crippen molar-refractivity contribution in [1.82, 2.24) is 20.4 Å². The average Bonchev–Trinajstić information content (AvgIpc) is 3.21. The molecule has 28 heavy (non-hydrogen) atoms. The zero-order valence-electron chi connectivity index (χ0n) is 17.4. The van der Waals surface area contributed by atoms with Crippen molar-refractivity contribution in [1.29, 1.82) is 0 Å². The molecule has 3 rings (SSSR count). The third-order valence-electron chi connectivity index (χ3n) is 5.89. The molecule has 6 nitrogen and oxygen atoms in total. The Balaban J connectivity index is 1.48. The van der Waals surface area contributed by atoms with Gasteiger partial charge in [-0.15, -0.1) is 0 Å². The molecule has 1 aromatic rings. The Labute approximate surface area is 169 Å². The Morgan fingerprint density at radius 2 is 2.00 bits per heavy atom. The summed E-state index contributed by atoms with van der Waals surface area (Å²) in [5.41, 5.74) is 1.38. The number of benzene rings is 1. The zero-order valence-corrected chi connectivity index (χ0v) is 17.4. The maximum atomic E-state index is 11.9. The number of piperidine rings is 1. The van der Waals surface area contributed by atoms with Crippen molar-refractivity contribution in [3.8, 4) is 0 Å². The van der Waals surface area contributed by atoms with Crippen LogP contribution in [0.4, 0.5) is 0 Å². The van der Waals surface area contributed by atoms with E-state index in [1.807, 2.05) is 18.9 Å². The second-order valence-corrected chi connectivity index (χ2v) is 7.88. The summed E-state index contributed by atoms with van der Waals surface area (Å²) in [4.78, 5) is 20.8. The first-order valence-electron chi connectivity index (χ1n) is 10.7. The van der Waals surface area contributed by atoms with Crippen LogP contribution in [0.2, 0.25) is 0 Å². The molecule has 2 unspecified atom stereocenters. The molecular formula is C22H35N5O. The van der Waals surface area contributed by atoms with Crippen molar-refractivity contribution in [3.63, 3.8) is 0 Å². The highest BCUT2D eigenvalue weighted by molar-refractivity contribution is 5.80. The van der Waals surface area contributed by atoms with Gasteiger partial charge in [-0.05, 0) is 31.4 Å². The van der Waals surface area contributed by atoms with Crippen LogP contribution in [0, 0.1) is 0 Å². The largest absolute Gasteiger partial charge is 0.355 e. The number of likely N-dealkylation sites (tertiary alicyclic amines) is 2. The highest BCUT2D eigenvalue weighted by Gasteiger charge is 2.27. The molecular weight excluding hydrogens is 350 g/mol. The summed E-state index contributed by atoms with van der Waals surface area (Å²) in [5.74, 6) is 1.09. The Bertz CT molecular complexity index is 648. The second-order valence-electron chi connectivity index (χ2n) is 7.88. The van der Waals surface area contributed by atoms with Crippen LogP contribution >= 0.6 is 0 Å². The van der Waals surface area contributed by atoms with Crippen LogP contribution in [0.25, 0.3) is 0 Å². The predicted molar refractivity (Wildman–Crippen MR) is 114 cm³/mol. The van der Waals surface area contributed by atoms with E-state index in [4.69, 9.17) is 0 Å². The summed E-state index contributed by atoms with van der Waals surface area (Å²) in [6.45, 7) is 6.61. The number of rotatable bonds is 6. The topological polar surface area (TPSA) is 60.0 Å². The maximum Gasteiger partial charge on any atom is 0.222 e. The van der Waals surface area contributed by atoms with Crippen molar-refractivity contribution in [3.05, 3.63) is 35.9 Å². The van der Waals surface area contributed by atoms with E-state index in [1.54, 1.807) is 0 Å². The number of carbonyl (C=O) groups is 1. The van der Waals surface area contributed by atoms with E-state index in [2.05, 4.69) is 50.9 Å².